The van der Waals surface area contributed by atoms with E-state index in [1.165, 1.54) is 38.4 Å². The number of piperidine rings is 1. The summed E-state index contributed by atoms with van der Waals surface area (Å²) in [5, 5.41) is 7.54. The number of ether oxygens (including phenoxy) is 1. The summed E-state index contributed by atoms with van der Waals surface area (Å²) in [6.07, 6.45) is 0.465. The Balaban J connectivity index is 1.32. The molecule has 3 N–H and O–H groups in total. The molecule has 2 aromatic rings. The molecule has 0 spiro atoms. The van der Waals surface area contributed by atoms with E-state index in [1.807, 2.05) is 0 Å². The molecule has 2 atom stereocenters. The number of halogens is 2. The predicted octanol–water partition coefficient (Wildman–Crippen LogP) is 2.57. The number of rotatable bonds is 6. The van der Waals surface area contributed by atoms with Crippen LogP contribution < -0.4 is 20.7 Å². The molecule has 12 heteroatoms. The lowest BCUT2D eigenvalue weighted by Gasteiger charge is -2.29. The molecule has 1 saturated heterocycles. The van der Waals surface area contributed by atoms with Crippen molar-refractivity contribution in [3.63, 3.8) is 0 Å². The number of carbonyl (C=O) groups is 4. The third kappa shape index (κ3) is 5.48. The number of alkyl halides is 2. The molecule has 0 radical (unpaired) electrons. The number of urea groups is 1. The maximum Gasteiger partial charge on any atom is 0.408 e. The summed E-state index contributed by atoms with van der Waals surface area (Å²) in [6, 6.07) is 9.41. The van der Waals surface area contributed by atoms with Crippen molar-refractivity contribution < 1.29 is 32.7 Å². The fraction of sp³-hybridized carbons (Fsp3) is 0.273. The van der Waals surface area contributed by atoms with Gasteiger partial charge in [0, 0.05) is 30.8 Å². The van der Waals surface area contributed by atoms with Crippen LogP contribution in [0.5, 0.6) is 5.75 Å². The number of fused-ring (bicyclic) bond motifs is 1. The van der Waals surface area contributed by atoms with Gasteiger partial charge in [-0.1, -0.05) is 12.1 Å². The topological polar surface area (TPSA) is 117 Å². The first-order valence-corrected chi connectivity index (χ1v) is 10.9. The average Bonchev–Trinajstić information content (AvgIpc) is 3.08. The SMILES string of the molecule is O=C1CCC(N2Cc3cc(CNC(=O)Nc4ccc(OC(F)(F)P)cc4)ccc3C2=O)C(=O)N1. The van der Waals surface area contributed by atoms with E-state index in [0.29, 0.717) is 11.3 Å². The number of benzene rings is 2. The van der Waals surface area contributed by atoms with E-state index in [0.717, 1.165) is 11.1 Å². The van der Waals surface area contributed by atoms with Gasteiger partial charge in [0.2, 0.25) is 11.8 Å². The lowest BCUT2D eigenvalue weighted by Crippen LogP contribution is -2.52. The van der Waals surface area contributed by atoms with Gasteiger partial charge in [0.25, 0.3) is 5.91 Å². The number of imide groups is 1. The summed E-state index contributed by atoms with van der Waals surface area (Å²) >= 11 is 0. The number of hydrogen-bond acceptors (Lipinski definition) is 5. The standard InChI is InChI=1S/C22H21F2N4O5P/c23-22(24,34)33-15-4-2-14(3-5-15)26-21(32)25-10-12-1-6-16-13(9-12)11-28(20(16)31)17-7-8-18(29)27-19(17)30/h1-6,9,17H,7-8,10-11,34H2,(H2,25,26,32)(H,27,29,30). The minimum absolute atomic E-state index is 0.0509. The van der Waals surface area contributed by atoms with Gasteiger partial charge in [-0.05, 0) is 57.1 Å². The second-order valence-corrected chi connectivity index (χ2v) is 8.56. The molecule has 0 bridgehead atoms. The Kier molecular flexibility index (Phi) is 6.47. The quantitative estimate of drug-likeness (QED) is 0.425. The third-order valence-electron chi connectivity index (χ3n) is 5.41. The second kappa shape index (κ2) is 9.34. The van der Waals surface area contributed by atoms with E-state index >= 15 is 0 Å². The number of amides is 5. The van der Waals surface area contributed by atoms with Gasteiger partial charge in [0.1, 0.15) is 11.8 Å². The molecular formula is C22H21F2N4O5P. The van der Waals surface area contributed by atoms with Crippen LogP contribution in [0.3, 0.4) is 0 Å². The number of nitrogens with one attached hydrogen (secondary N) is 3. The maximum atomic E-state index is 12.8. The van der Waals surface area contributed by atoms with Crippen molar-refractivity contribution in [3.8, 4) is 5.75 Å². The molecule has 4 rings (SSSR count). The summed E-state index contributed by atoms with van der Waals surface area (Å²) in [5.41, 5.74) is 2.35. The maximum absolute atomic E-state index is 12.8. The van der Waals surface area contributed by atoms with Gasteiger partial charge < -0.3 is 20.3 Å². The summed E-state index contributed by atoms with van der Waals surface area (Å²) in [7, 11) is 1.28. The van der Waals surface area contributed by atoms with Gasteiger partial charge in [0.05, 0.1) is 0 Å². The zero-order valence-corrected chi connectivity index (χ0v) is 18.9. The summed E-state index contributed by atoms with van der Waals surface area (Å²) < 4.78 is 30.1. The smallest absolute Gasteiger partial charge is 0.408 e. The van der Waals surface area contributed by atoms with Crippen LogP contribution >= 0.6 is 9.24 Å². The number of hydrogen-bond donors (Lipinski definition) is 3. The Morgan fingerprint density at radius 1 is 1.18 bits per heavy atom. The highest BCUT2D eigenvalue weighted by molar-refractivity contribution is 7.17. The van der Waals surface area contributed by atoms with Crippen molar-refractivity contribution >= 4 is 38.7 Å². The van der Waals surface area contributed by atoms with Crippen LogP contribution in [-0.2, 0) is 22.7 Å². The fourth-order valence-electron chi connectivity index (χ4n) is 3.86. The van der Waals surface area contributed by atoms with Crippen molar-refractivity contribution in [2.24, 2.45) is 0 Å². The van der Waals surface area contributed by atoms with Gasteiger partial charge in [-0.25, -0.2) is 4.79 Å². The van der Waals surface area contributed by atoms with Crippen LogP contribution in [0.2, 0.25) is 0 Å². The molecule has 1 fully saturated rings. The van der Waals surface area contributed by atoms with E-state index in [2.05, 4.69) is 20.7 Å². The molecule has 2 aliphatic rings. The van der Waals surface area contributed by atoms with E-state index in [9.17, 15) is 28.0 Å². The number of anilines is 1. The van der Waals surface area contributed by atoms with Crippen LogP contribution in [0.25, 0.3) is 0 Å². The molecule has 9 nitrogen and oxygen atoms in total. The molecule has 5 amide bonds. The second-order valence-electron chi connectivity index (χ2n) is 7.89. The van der Waals surface area contributed by atoms with E-state index < -0.39 is 23.8 Å². The Morgan fingerprint density at radius 3 is 2.59 bits per heavy atom. The van der Waals surface area contributed by atoms with Gasteiger partial charge in [-0.2, -0.15) is 8.78 Å². The molecular weight excluding hydrogens is 469 g/mol. The zero-order chi connectivity index (χ0) is 24.5. The first kappa shape index (κ1) is 23.6. The first-order chi connectivity index (χ1) is 16.1. The van der Waals surface area contributed by atoms with E-state index in [4.69, 9.17) is 0 Å². The van der Waals surface area contributed by atoms with Crippen LogP contribution in [0, 0.1) is 0 Å². The molecule has 0 aliphatic carbocycles. The van der Waals surface area contributed by atoms with Crippen molar-refractivity contribution in [1.29, 1.82) is 0 Å². The average molecular weight is 490 g/mol. The van der Waals surface area contributed by atoms with Crippen molar-refractivity contribution in [3.05, 3.63) is 59.2 Å². The minimum Gasteiger partial charge on any atom is -0.430 e. The molecule has 2 aromatic carbocycles. The highest BCUT2D eigenvalue weighted by atomic mass is 31.0. The van der Waals surface area contributed by atoms with Crippen molar-refractivity contribution in [2.45, 2.75) is 37.8 Å². The lowest BCUT2D eigenvalue weighted by atomic mass is 10.0. The Hall–Kier alpha value is -3.59. The van der Waals surface area contributed by atoms with E-state index in [1.54, 1.807) is 18.2 Å². The monoisotopic (exact) mass is 490 g/mol. The van der Waals surface area contributed by atoms with Gasteiger partial charge in [0.15, 0.2) is 0 Å². The summed E-state index contributed by atoms with van der Waals surface area (Å²) in [5.74, 6) is -4.52. The molecule has 2 unspecified atom stereocenters. The van der Waals surface area contributed by atoms with Crippen LogP contribution in [0.1, 0.15) is 34.3 Å². The van der Waals surface area contributed by atoms with Crippen molar-refractivity contribution in [1.82, 2.24) is 15.5 Å². The number of nitrogens with zero attached hydrogens (tertiary/aromatic N) is 1. The molecule has 2 aliphatic heterocycles. The highest BCUT2D eigenvalue weighted by Gasteiger charge is 2.39. The fourth-order valence-corrected chi connectivity index (χ4v) is 3.99. The van der Waals surface area contributed by atoms with Gasteiger partial charge in [-0.3, -0.25) is 19.7 Å². The van der Waals surface area contributed by atoms with Crippen molar-refractivity contribution in [2.75, 3.05) is 5.32 Å². The molecule has 0 saturated carbocycles. The van der Waals surface area contributed by atoms with Gasteiger partial charge in [-0.15, -0.1) is 0 Å². The lowest BCUT2D eigenvalue weighted by molar-refractivity contribution is -0.136. The first-order valence-electron chi connectivity index (χ1n) is 10.4. The minimum atomic E-state index is -3.38. The summed E-state index contributed by atoms with van der Waals surface area (Å²) in [6.45, 7) is 0.413. The largest absolute Gasteiger partial charge is 0.430 e. The third-order valence-corrected chi connectivity index (χ3v) is 5.52. The Labute approximate surface area is 195 Å². The van der Waals surface area contributed by atoms with Crippen LogP contribution in [-0.4, -0.2) is 40.5 Å². The van der Waals surface area contributed by atoms with E-state index in [-0.39, 0.29) is 43.5 Å². The van der Waals surface area contributed by atoms with Gasteiger partial charge >= 0.3 is 11.9 Å². The predicted molar refractivity (Wildman–Crippen MR) is 120 cm³/mol. The zero-order valence-electron chi connectivity index (χ0n) is 17.8. The Bertz CT molecular complexity index is 1150. The van der Waals surface area contributed by atoms with Crippen LogP contribution in [0.15, 0.2) is 42.5 Å². The highest BCUT2D eigenvalue weighted by Crippen LogP contribution is 2.29. The molecule has 0 aromatic heterocycles. The molecule has 2 heterocycles. The van der Waals surface area contributed by atoms with Crippen LogP contribution in [0.4, 0.5) is 19.3 Å². The number of carbonyl (C=O) groups excluding carboxylic acids is 4. The molecule has 34 heavy (non-hydrogen) atoms. The normalized spacial score (nSPS) is 17.8. The Morgan fingerprint density at radius 2 is 1.91 bits per heavy atom. The summed E-state index contributed by atoms with van der Waals surface area (Å²) in [4.78, 5) is 49.9. The molecule has 178 valence electrons.